The summed E-state index contributed by atoms with van der Waals surface area (Å²) in [4.78, 5) is 0. The summed E-state index contributed by atoms with van der Waals surface area (Å²) in [7, 11) is -10.5. The van der Waals surface area contributed by atoms with E-state index in [0.29, 0.717) is 5.92 Å². The average molecular weight is 508 g/mol. The van der Waals surface area contributed by atoms with Gasteiger partial charge in [0.15, 0.2) is 9.04 Å². The van der Waals surface area contributed by atoms with Crippen molar-refractivity contribution in [2.45, 2.75) is 111 Å². The van der Waals surface area contributed by atoms with Gasteiger partial charge < -0.3 is 21.6 Å². The second kappa shape index (κ2) is 7.98. The van der Waals surface area contributed by atoms with Crippen molar-refractivity contribution < 1.29 is 21.6 Å². The molecule has 2 rings (SSSR count). The number of rotatable bonds is 9. The Morgan fingerprint density at radius 2 is 1.27 bits per heavy atom. The average Bonchev–Trinajstić information content (AvgIpc) is 2.73. The molecule has 2 fully saturated rings. The van der Waals surface area contributed by atoms with E-state index in [1.807, 2.05) is 0 Å². The van der Waals surface area contributed by atoms with Crippen molar-refractivity contribution >= 4 is 43.0 Å². The van der Waals surface area contributed by atoms with Crippen molar-refractivity contribution in [1.82, 2.24) is 0 Å². The highest BCUT2D eigenvalue weighted by Gasteiger charge is 2.74. The Labute approximate surface area is 191 Å². The van der Waals surface area contributed by atoms with E-state index in [2.05, 4.69) is 86.2 Å². The van der Waals surface area contributed by atoms with Crippen LogP contribution in [-0.4, -0.2) is 53.4 Å². The van der Waals surface area contributed by atoms with Crippen molar-refractivity contribution in [3.05, 3.63) is 0 Å². The number of hydrogen-bond donors (Lipinski definition) is 1. The smallest absolute Gasteiger partial charge is 0.314 e. The van der Waals surface area contributed by atoms with Crippen LogP contribution in [0.15, 0.2) is 0 Å². The van der Waals surface area contributed by atoms with Gasteiger partial charge in [-0.3, -0.25) is 0 Å². The molecule has 3 unspecified atom stereocenters. The van der Waals surface area contributed by atoms with E-state index in [0.717, 1.165) is 12.8 Å². The SMILES string of the molecule is C[Si](C)O[Si](C)(C)O[Si](C)(C)O[Si](C)(C)O[Si](C)(C)C1(O)CC2CCC1(C)C2(C)C. The van der Waals surface area contributed by atoms with Crippen LogP contribution >= 0.6 is 0 Å². The molecule has 0 saturated heterocycles. The maximum Gasteiger partial charge on any atom is 0.314 e. The standard InChI is InChI=1S/C20H47O5Si5/c1-18(2)17-14-15-19(18,3)20(21,16-17)27(6,7)23-29(10,11)25-30(12,13)24-28(8,9)22-26(4)5/h17,21H,14-16H2,1-13H3. The summed E-state index contributed by atoms with van der Waals surface area (Å²) >= 11 is 0. The first kappa shape index (κ1) is 27.1. The van der Waals surface area contributed by atoms with Gasteiger partial charge in [0, 0.05) is 5.41 Å². The third-order valence-corrected chi connectivity index (χ3v) is 26.0. The summed E-state index contributed by atoms with van der Waals surface area (Å²) in [5.74, 6) is 0.575. The fraction of sp³-hybridized carbons (Fsp3) is 1.00. The zero-order valence-corrected chi connectivity index (χ0v) is 26.8. The molecule has 0 spiro atoms. The van der Waals surface area contributed by atoms with Gasteiger partial charge in [0.2, 0.25) is 8.32 Å². The molecule has 2 aliphatic rings. The molecule has 0 aromatic rings. The first-order chi connectivity index (χ1) is 13.1. The monoisotopic (exact) mass is 507 g/mol. The van der Waals surface area contributed by atoms with Gasteiger partial charge in [-0.25, -0.2) is 0 Å². The van der Waals surface area contributed by atoms with Crippen LogP contribution in [0.1, 0.15) is 40.0 Å². The lowest BCUT2D eigenvalue weighted by Crippen LogP contribution is -2.68. The summed E-state index contributed by atoms with van der Waals surface area (Å²) in [6.45, 7) is 28.4. The molecule has 177 valence electrons. The fourth-order valence-electron chi connectivity index (χ4n) is 6.62. The van der Waals surface area contributed by atoms with Crippen molar-refractivity contribution in [2.24, 2.45) is 16.7 Å². The maximum atomic E-state index is 12.1. The van der Waals surface area contributed by atoms with Crippen molar-refractivity contribution in [3.63, 3.8) is 0 Å². The molecule has 10 heteroatoms. The molecule has 0 aliphatic heterocycles. The number of fused-ring (bicyclic) bond motifs is 2. The lowest BCUT2D eigenvalue weighted by Gasteiger charge is -2.54. The van der Waals surface area contributed by atoms with Crippen LogP contribution in [0.2, 0.25) is 65.5 Å². The Balaban J connectivity index is 2.18. The van der Waals surface area contributed by atoms with E-state index in [1.165, 1.54) is 6.42 Å². The molecule has 2 bridgehead atoms. The third kappa shape index (κ3) is 4.87. The van der Waals surface area contributed by atoms with Crippen LogP contribution in [0.25, 0.3) is 0 Å². The van der Waals surface area contributed by atoms with E-state index < -0.39 is 48.3 Å². The Bertz CT molecular complexity index is 651. The van der Waals surface area contributed by atoms with Gasteiger partial charge in [-0.1, -0.05) is 20.8 Å². The van der Waals surface area contributed by atoms with E-state index in [9.17, 15) is 5.11 Å². The summed E-state index contributed by atoms with van der Waals surface area (Å²) in [5, 5.41) is 11.4. The minimum atomic E-state index is -2.52. The molecule has 1 radical (unpaired) electrons. The van der Waals surface area contributed by atoms with E-state index in [-0.39, 0.29) is 10.8 Å². The summed E-state index contributed by atoms with van der Waals surface area (Å²) in [6.07, 6.45) is 3.17. The Morgan fingerprint density at radius 3 is 1.67 bits per heavy atom. The molecular formula is C20H47O5Si5. The van der Waals surface area contributed by atoms with E-state index in [4.69, 9.17) is 16.5 Å². The Kier molecular flexibility index (Phi) is 7.22. The van der Waals surface area contributed by atoms with Gasteiger partial charge in [-0.15, -0.1) is 0 Å². The normalized spacial score (nSPS) is 32.3. The van der Waals surface area contributed by atoms with Crippen LogP contribution in [0.5, 0.6) is 0 Å². The van der Waals surface area contributed by atoms with Gasteiger partial charge in [0.25, 0.3) is 0 Å². The predicted octanol–water partition coefficient (Wildman–Crippen LogP) is 5.73. The summed E-state index contributed by atoms with van der Waals surface area (Å²) in [6, 6.07) is 0. The van der Waals surface area contributed by atoms with Crippen LogP contribution in [-0.2, 0) is 16.5 Å². The highest BCUT2D eigenvalue weighted by molar-refractivity contribution is 6.90. The summed E-state index contributed by atoms with van der Waals surface area (Å²) < 4.78 is 26.2. The number of aliphatic hydroxyl groups is 1. The van der Waals surface area contributed by atoms with Crippen LogP contribution in [0, 0.1) is 16.7 Å². The van der Waals surface area contributed by atoms with Crippen molar-refractivity contribution in [2.75, 3.05) is 0 Å². The van der Waals surface area contributed by atoms with E-state index >= 15 is 0 Å². The molecule has 0 heterocycles. The maximum absolute atomic E-state index is 12.1. The Morgan fingerprint density at radius 1 is 0.800 bits per heavy atom. The first-order valence-electron chi connectivity index (χ1n) is 11.4. The van der Waals surface area contributed by atoms with Crippen LogP contribution in [0.3, 0.4) is 0 Å². The molecule has 2 saturated carbocycles. The molecular weight excluding hydrogens is 461 g/mol. The zero-order valence-electron chi connectivity index (χ0n) is 21.8. The highest BCUT2D eigenvalue weighted by Crippen LogP contribution is 2.71. The molecule has 0 aromatic carbocycles. The predicted molar refractivity (Wildman–Crippen MR) is 136 cm³/mol. The molecule has 3 atom stereocenters. The second-order valence-corrected chi connectivity index (χ2v) is 29.7. The van der Waals surface area contributed by atoms with Gasteiger partial charge in [-0.05, 0) is 96.1 Å². The van der Waals surface area contributed by atoms with Crippen molar-refractivity contribution in [1.29, 1.82) is 0 Å². The molecule has 0 amide bonds. The molecule has 1 N–H and O–H groups in total. The Hall–Kier alpha value is 0.884. The van der Waals surface area contributed by atoms with Gasteiger partial charge in [-0.2, -0.15) is 0 Å². The van der Waals surface area contributed by atoms with Gasteiger partial charge in [0.05, 0.1) is 5.22 Å². The zero-order chi connectivity index (χ0) is 23.6. The van der Waals surface area contributed by atoms with Gasteiger partial charge >= 0.3 is 25.7 Å². The molecule has 5 nitrogen and oxygen atoms in total. The lowest BCUT2D eigenvalue weighted by atomic mass is 9.69. The lowest BCUT2D eigenvalue weighted by molar-refractivity contribution is -0.0421. The van der Waals surface area contributed by atoms with Gasteiger partial charge in [0.1, 0.15) is 0 Å². The topological polar surface area (TPSA) is 57.2 Å². The van der Waals surface area contributed by atoms with Crippen LogP contribution in [0.4, 0.5) is 0 Å². The minimum absolute atomic E-state index is 0.0995. The molecule has 2 aliphatic carbocycles. The first-order valence-corrected chi connectivity index (χ1v) is 25.2. The van der Waals surface area contributed by atoms with E-state index in [1.54, 1.807) is 0 Å². The number of hydrogen-bond acceptors (Lipinski definition) is 5. The third-order valence-electron chi connectivity index (χ3n) is 7.82. The second-order valence-electron chi connectivity index (χ2n) is 12.4. The molecule has 0 aromatic heterocycles. The largest absolute Gasteiger partial charge is 0.437 e. The highest BCUT2D eigenvalue weighted by atomic mass is 28.5. The molecule has 30 heavy (non-hydrogen) atoms. The fourth-order valence-corrected chi connectivity index (χ4v) is 29.8. The quantitative estimate of drug-likeness (QED) is 0.404. The summed E-state index contributed by atoms with van der Waals surface area (Å²) in [5.41, 5.74) is 0.0451. The van der Waals surface area contributed by atoms with Crippen LogP contribution < -0.4 is 0 Å². The minimum Gasteiger partial charge on any atom is -0.437 e. The van der Waals surface area contributed by atoms with Crippen molar-refractivity contribution in [3.8, 4) is 0 Å².